The molecule has 0 saturated heterocycles. The maximum atomic E-state index is 12.4. The summed E-state index contributed by atoms with van der Waals surface area (Å²) < 4.78 is 12.5. The SMILES string of the molecule is O=C(C=Cc1cccc(Br)c1)c1ccc(OCCCSc2nc3ccccc3o2)cc1. The summed E-state index contributed by atoms with van der Waals surface area (Å²) in [7, 11) is 0. The van der Waals surface area contributed by atoms with Gasteiger partial charge in [0.2, 0.25) is 0 Å². The van der Waals surface area contributed by atoms with Gasteiger partial charge in [-0.1, -0.05) is 58.0 Å². The van der Waals surface area contributed by atoms with Gasteiger partial charge < -0.3 is 9.15 Å². The van der Waals surface area contributed by atoms with Crippen molar-refractivity contribution in [3.05, 3.63) is 94.5 Å². The van der Waals surface area contributed by atoms with Crippen molar-refractivity contribution in [1.29, 1.82) is 0 Å². The highest BCUT2D eigenvalue weighted by atomic mass is 79.9. The second kappa shape index (κ2) is 10.5. The van der Waals surface area contributed by atoms with Crippen LogP contribution in [-0.4, -0.2) is 23.1 Å². The minimum atomic E-state index is -0.0405. The van der Waals surface area contributed by atoms with Gasteiger partial charge in [-0.15, -0.1) is 0 Å². The van der Waals surface area contributed by atoms with Crippen molar-refractivity contribution in [3.63, 3.8) is 0 Å². The molecular formula is C25H20BrNO3S. The molecule has 0 N–H and O–H groups in total. The van der Waals surface area contributed by atoms with E-state index in [1.807, 2.05) is 66.7 Å². The Morgan fingerprint density at radius 3 is 2.71 bits per heavy atom. The summed E-state index contributed by atoms with van der Waals surface area (Å²) in [6, 6.07) is 22.8. The van der Waals surface area contributed by atoms with E-state index in [2.05, 4.69) is 20.9 Å². The first-order valence-corrected chi connectivity index (χ1v) is 11.6. The number of benzene rings is 3. The molecule has 0 amide bonds. The van der Waals surface area contributed by atoms with E-state index in [-0.39, 0.29) is 5.78 Å². The maximum Gasteiger partial charge on any atom is 0.256 e. The smallest absolute Gasteiger partial charge is 0.256 e. The molecular weight excluding hydrogens is 474 g/mol. The Hall–Kier alpha value is -2.83. The van der Waals surface area contributed by atoms with E-state index >= 15 is 0 Å². The van der Waals surface area contributed by atoms with Crippen molar-refractivity contribution >= 4 is 50.7 Å². The molecule has 31 heavy (non-hydrogen) atoms. The van der Waals surface area contributed by atoms with Gasteiger partial charge in [-0.2, -0.15) is 0 Å². The Labute approximate surface area is 193 Å². The zero-order valence-corrected chi connectivity index (χ0v) is 19.1. The Morgan fingerprint density at radius 1 is 1.06 bits per heavy atom. The van der Waals surface area contributed by atoms with Crippen LogP contribution in [0.3, 0.4) is 0 Å². The molecule has 0 saturated carbocycles. The van der Waals surface area contributed by atoms with Crippen LogP contribution in [0, 0.1) is 0 Å². The van der Waals surface area contributed by atoms with Crippen LogP contribution in [0.5, 0.6) is 5.75 Å². The van der Waals surface area contributed by atoms with Crippen LogP contribution in [0.1, 0.15) is 22.3 Å². The van der Waals surface area contributed by atoms with E-state index in [1.165, 1.54) is 0 Å². The van der Waals surface area contributed by atoms with Crippen LogP contribution in [0.25, 0.3) is 17.2 Å². The fourth-order valence-electron chi connectivity index (χ4n) is 2.92. The molecule has 0 spiro atoms. The molecule has 4 nitrogen and oxygen atoms in total. The lowest BCUT2D eigenvalue weighted by Gasteiger charge is -2.06. The van der Waals surface area contributed by atoms with Crippen molar-refractivity contribution < 1.29 is 13.9 Å². The normalized spacial score (nSPS) is 11.3. The molecule has 1 aromatic heterocycles. The molecule has 156 valence electrons. The summed E-state index contributed by atoms with van der Waals surface area (Å²) in [5.41, 5.74) is 3.29. The first-order chi connectivity index (χ1) is 15.2. The van der Waals surface area contributed by atoms with Crippen LogP contribution in [-0.2, 0) is 0 Å². The number of carbonyl (C=O) groups excluding carboxylic acids is 1. The van der Waals surface area contributed by atoms with Gasteiger partial charge in [0.1, 0.15) is 11.3 Å². The molecule has 0 aliphatic carbocycles. The van der Waals surface area contributed by atoms with Crippen molar-refractivity contribution in [2.75, 3.05) is 12.4 Å². The first kappa shape index (κ1) is 21.4. The number of fused-ring (bicyclic) bond motifs is 1. The number of halogens is 1. The Bertz CT molecular complexity index is 1170. The monoisotopic (exact) mass is 493 g/mol. The van der Waals surface area contributed by atoms with Gasteiger partial charge in [-0.25, -0.2) is 4.98 Å². The third kappa shape index (κ3) is 6.09. The highest BCUT2D eigenvalue weighted by Gasteiger charge is 2.06. The number of ether oxygens (including phenoxy) is 1. The number of aromatic nitrogens is 1. The standard InChI is InChI=1S/C25H20BrNO3S/c26-20-6-3-5-18(17-20)9-14-23(28)19-10-12-21(13-11-19)29-15-4-16-31-25-27-22-7-1-2-8-24(22)30-25/h1-3,5-14,17H,4,15-16H2. The molecule has 0 aliphatic rings. The van der Waals surface area contributed by atoms with Gasteiger partial charge in [0.25, 0.3) is 5.22 Å². The molecule has 0 unspecified atom stereocenters. The quantitative estimate of drug-likeness (QED) is 0.108. The molecule has 4 aromatic rings. The molecule has 6 heteroatoms. The molecule has 1 heterocycles. The third-order valence-electron chi connectivity index (χ3n) is 4.47. The average molecular weight is 494 g/mol. The molecule has 4 rings (SSSR count). The third-order valence-corrected chi connectivity index (χ3v) is 5.88. The van der Waals surface area contributed by atoms with Crippen LogP contribution in [0.15, 0.2) is 93.0 Å². The van der Waals surface area contributed by atoms with E-state index in [1.54, 1.807) is 30.0 Å². The number of rotatable bonds is 9. The highest BCUT2D eigenvalue weighted by Crippen LogP contribution is 2.23. The fourth-order valence-corrected chi connectivity index (χ4v) is 4.08. The number of allylic oxidation sites excluding steroid dienone is 1. The number of thioether (sulfide) groups is 1. The van der Waals surface area contributed by atoms with Gasteiger partial charge in [-0.3, -0.25) is 4.79 Å². The van der Waals surface area contributed by atoms with E-state index in [0.29, 0.717) is 17.4 Å². The second-order valence-electron chi connectivity index (χ2n) is 6.77. The predicted octanol–water partition coefficient (Wildman–Crippen LogP) is 7.05. The number of ketones is 1. The Kier molecular flexibility index (Phi) is 7.22. The number of para-hydroxylation sites is 2. The van der Waals surface area contributed by atoms with E-state index in [4.69, 9.17) is 9.15 Å². The van der Waals surface area contributed by atoms with E-state index < -0.39 is 0 Å². The van der Waals surface area contributed by atoms with Crippen LogP contribution in [0.2, 0.25) is 0 Å². The maximum absolute atomic E-state index is 12.4. The van der Waals surface area contributed by atoms with Gasteiger partial charge >= 0.3 is 0 Å². The topological polar surface area (TPSA) is 52.3 Å². The summed E-state index contributed by atoms with van der Waals surface area (Å²) in [5.74, 6) is 1.56. The van der Waals surface area contributed by atoms with E-state index in [9.17, 15) is 4.79 Å². The summed E-state index contributed by atoms with van der Waals surface area (Å²) >= 11 is 5.01. The minimum Gasteiger partial charge on any atom is -0.494 e. The van der Waals surface area contributed by atoms with Gasteiger partial charge in [0.05, 0.1) is 6.61 Å². The number of nitrogens with zero attached hydrogens (tertiary/aromatic N) is 1. The average Bonchev–Trinajstić information content (AvgIpc) is 3.20. The minimum absolute atomic E-state index is 0.0405. The van der Waals surface area contributed by atoms with Gasteiger partial charge in [-0.05, 0) is 66.6 Å². The molecule has 0 fully saturated rings. The molecule has 0 atom stereocenters. The fraction of sp³-hybridized carbons (Fsp3) is 0.120. The number of carbonyl (C=O) groups is 1. The highest BCUT2D eigenvalue weighted by molar-refractivity contribution is 9.10. The lowest BCUT2D eigenvalue weighted by molar-refractivity contribution is 0.104. The largest absolute Gasteiger partial charge is 0.494 e. The summed E-state index contributed by atoms with van der Waals surface area (Å²) in [6.07, 6.45) is 4.26. The van der Waals surface area contributed by atoms with Crippen molar-refractivity contribution in [1.82, 2.24) is 4.98 Å². The van der Waals surface area contributed by atoms with Crippen LogP contribution < -0.4 is 4.74 Å². The van der Waals surface area contributed by atoms with Crippen molar-refractivity contribution in [3.8, 4) is 5.75 Å². The lowest BCUT2D eigenvalue weighted by Crippen LogP contribution is -2.00. The van der Waals surface area contributed by atoms with Gasteiger partial charge in [0, 0.05) is 15.8 Å². The zero-order chi connectivity index (χ0) is 21.5. The zero-order valence-electron chi connectivity index (χ0n) is 16.7. The number of hydrogen-bond donors (Lipinski definition) is 0. The molecule has 0 radical (unpaired) electrons. The molecule has 3 aromatic carbocycles. The number of oxazole rings is 1. The lowest BCUT2D eigenvalue weighted by atomic mass is 10.1. The first-order valence-electron chi connectivity index (χ1n) is 9.86. The van der Waals surface area contributed by atoms with Crippen molar-refractivity contribution in [2.24, 2.45) is 0 Å². The van der Waals surface area contributed by atoms with Crippen LogP contribution >= 0.6 is 27.7 Å². The summed E-state index contributed by atoms with van der Waals surface area (Å²) in [4.78, 5) is 16.8. The Morgan fingerprint density at radius 2 is 1.90 bits per heavy atom. The summed E-state index contributed by atoms with van der Waals surface area (Å²) in [6.45, 7) is 0.587. The van der Waals surface area contributed by atoms with E-state index in [0.717, 1.165) is 39.1 Å². The Balaban J connectivity index is 1.21. The summed E-state index contributed by atoms with van der Waals surface area (Å²) in [5, 5.41) is 0.681. The molecule has 0 bridgehead atoms. The second-order valence-corrected chi connectivity index (χ2v) is 8.74. The predicted molar refractivity (Wildman–Crippen MR) is 129 cm³/mol. The number of hydrogen-bond acceptors (Lipinski definition) is 5. The van der Waals surface area contributed by atoms with Crippen molar-refractivity contribution in [2.45, 2.75) is 11.6 Å². The molecule has 0 aliphatic heterocycles. The van der Waals surface area contributed by atoms with Crippen LogP contribution in [0.4, 0.5) is 0 Å². The van der Waals surface area contributed by atoms with Gasteiger partial charge in [0.15, 0.2) is 11.4 Å².